The van der Waals surface area contributed by atoms with Crippen LogP contribution in [0.25, 0.3) is 0 Å². The first-order chi connectivity index (χ1) is 9.23. The molecule has 0 aliphatic heterocycles. The van der Waals surface area contributed by atoms with Crippen molar-refractivity contribution in [1.82, 2.24) is 25.5 Å². The quantitative estimate of drug-likeness (QED) is 0.744. The van der Waals surface area contributed by atoms with E-state index in [1.807, 2.05) is 4.68 Å². The van der Waals surface area contributed by atoms with Gasteiger partial charge in [0.1, 0.15) is 0 Å². The molecule has 5 heteroatoms. The third-order valence-corrected chi connectivity index (χ3v) is 3.42. The topological polar surface area (TPSA) is 55.6 Å². The van der Waals surface area contributed by atoms with Crippen LogP contribution in [0.3, 0.4) is 0 Å². The van der Waals surface area contributed by atoms with Gasteiger partial charge in [-0.05, 0) is 43.0 Å². The van der Waals surface area contributed by atoms with Gasteiger partial charge in [-0.3, -0.25) is 0 Å². The minimum Gasteiger partial charge on any atom is -0.305 e. The molecule has 0 aromatic carbocycles. The summed E-state index contributed by atoms with van der Waals surface area (Å²) in [4.78, 5) is 0. The molecule has 0 aliphatic carbocycles. The highest BCUT2D eigenvalue weighted by Crippen LogP contribution is 2.25. The van der Waals surface area contributed by atoms with E-state index in [0.29, 0.717) is 6.54 Å². The largest absolute Gasteiger partial charge is 0.305 e. The highest BCUT2D eigenvalue weighted by Gasteiger charge is 2.21. The molecule has 0 fully saturated rings. The van der Waals surface area contributed by atoms with Crippen molar-refractivity contribution in [3.05, 3.63) is 5.82 Å². The zero-order valence-electron chi connectivity index (χ0n) is 14.0. The highest BCUT2D eigenvalue weighted by molar-refractivity contribution is 4.85. The Morgan fingerprint density at radius 2 is 1.80 bits per heavy atom. The van der Waals surface area contributed by atoms with Crippen LogP contribution in [-0.2, 0) is 13.1 Å². The Balaban J connectivity index is 2.57. The number of hydrogen-bond acceptors (Lipinski definition) is 4. The summed E-state index contributed by atoms with van der Waals surface area (Å²) in [6.45, 7) is 14.9. The summed E-state index contributed by atoms with van der Waals surface area (Å²) in [5.41, 5.74) is 0.314. The lowest BCUT2D eigenvalue weighted by Crippen LogP contribution is -2.36. The van der Waals surface area contributed by atoms with Crippen LogP contribution >= 0.6 is 0 Å². The van der Waals surface area contributed by atoms with Crippen LogP contribution in [0.1, 0.15) is 73.1 Å². The number of nitrogens with one attached hydrogen (secondary N) is 1. The van der Waals surface area contributed by atoms with E-state index < -0.39 is 0 Å². The summed E-state index contributed by atoms with van der Waals surface area (Å²) in [6, 6.07) is 0. The van der Waals surface area contributed by atoms with Crippen LogP contribution in [0.15, 0.2) is 0 Å². The van der Waals surface area contributed by atoms with E-state index >= 15 is 0 Å². The van der Waals surface area contributed by atoms with Crippen molar-refractivity contribution in [1.29, 1.82) is 0 Å². The molecule has 116 valence electrons. The number of hydrogen-bond donors (Lipinski definition) is 1. The van der Waals surface area contributed by atoms with E-state index in [9.17, 15) is 0 Å². The average Bonchev–Trinajstić information content (AvgIpc) is 2.72. The molecule has 0 unspecified atom stereocenters. The average molecular weight is 281 g/mol. The third kappa shape index (κ3) is 6.46. The van der Waals surface area contributed by atoms with Crippen molar-refractivity contribution < 1.29 is 0 Å². The van der Waals surface area contributed by atoms with E-state index in [4.69, 9.17) is 0 Å². The van der Waals surface area contributed by atoms with Crippen LogP contribution in [0.2, 0.25) is 0 Å². The molecule has 0 radical (unpaired) electrons. The normalized spacial score (nSPS) is 12.9. The van der Waals surface area contributed by atoms with Gasteiger partial charge in [-0.2, -0.15) is 0 Å². The van der Waals surface area contributed by atoms with Gasteiger partial charge in [-0.25, -0.2) is 4.68 Å². The molecule has 0 saturated heterocycles. The summed E-state index contributed by atoms with van der Waals surface area (Å²) in [7, 11) is 0. The van der Waals surface area contributed by atoms with Gasteiger partial charge >= 0.3 is 0 Å². The summed E-state index contributed by atoms with van der Waals surface area (Å²) in [6.07, 6.45) is 5.06. The number of unbranched alkanes of at least 4 members (excludes halogenated alkanes) is 2. The maximum absolute atomic E-state index is 4.15. The van der Waals surface area contributed by atoms with Crippen LogP contribution in [0, 0.1) is 5.41 Å². The minimum absolute atomic E-state index is 0.0768. The van der Waals surface area contributed by atoms with Crippen molar-refractivity contribution in [2.75, 3.05) is 0 Å². The van der Waals surface area contributed by atoms with Crippen molar-refractivity contribution in [3.63, 3.8) is 0 Å². The molecule has 1 heterocycles. The predicted molar refractivity (Wildman–Crippen MR) is 82.3 cm³/mol. The fourth-order valence-corrected chi connectivity index (χ4v) is 2.15. The predicted octanol–water partition coefficient (Wildman–Crippen LogP) is 3.17. The first kappa shape index (κ1) is 17.1. The fraction of sp³-hybridized carbons (Fsp3) is 0.933. The number of nitrogens with zero attached hydrogens (tertiary/aromatic N) is 4. The monoisotopic (exact) mass is 281 g/mol. The summed E-state index contributed by atoms with van der Waals surface area (Å²) in [5, 5.41) is 15.6. The minimum atomic E-state index is 0.0768. The lowest BCUT2D eigenvalue weighted by atomic mass is 9.87. The van der Waals surface area contributed by atoms with Crippen molar-refractivity contribution >= 4 is 0 Å². The second-order valence-electron chi connectivity index (χ2n) is 7.48. The van der Waals surface area contributed by atoms with Gasteiger partial charge in [0.2, 0.25) is 0 Å². The molecule has 0 bridgehead atoms. The Kier molecular flexibility index (Phi) is 6.11. The Morgan fingerprint density at radius 1 is 1.10 bits per heavy atom. The van der Waals surface area contributed by atoms with Crippen LogP contribution in [-0.4, -0.2) is 25.7 Å². The maximum Gasteiger partial charge on any atom is 0.165 e. The molecule has 0 amide bonds. The Bertz CT molecular complexity index is 389. The third-order valence-electron chi connectivity index (χ3n) is 3.42. The first-order valence-electron chi connectivity index (χ1n) is 7.73. The number of tetrazole rings is 1. The molecule has 0 atom stereocenters. The smallest absolute Gasteiger partial charge is 0.165 e. The zero-order chi connectivity index (χ0) is 15.2. The van der Waals surface area contributed by atoms with E-state index in [0.717, 1.165) is 12.4 Å². The molecule has 0 saturated carbocycles. The first-order valence-corrected chi connectivity index (χ1v) is 7.73. The van der Waals surface area contributed by atoms with Gasteiger partial charge in [0, 0.05) is 12.1 Å². The van der Waals surface area contributed by atoms with Gasteiger partial charge in [0.05, 0.1) is 6.54 Å². The molecule has 0 spiro atoms. The van der Waals surface area contributed by atoms with Crippen LogP contribution in [0.5, 0.6) is 0 Å². The van der Waals surface area contributed by atoms with Crippen LogP contribution in [0.4, 0.5) is 0 Å². The fourth-order valence-electron chi connectivity index (χ4n) is 2.15. The highest BCUT2D eigenvalue weighted by atomic mass is 15.5. The van der Waals surface area contributed by atoms with Gasteiger partial charge < -0.3 is 5.32 Å². The lowest BCUT2D eigenvalue weighted by molar-refractivity contribution is 0.251. The Morgan fingerprint density at radius 3 is 2.40 bits per heavy atom. The van der Waals surface area contributed by atoms with Gasteiger partial charge in [-0.15, -0.1) is 5.10 Å². The Labute approximate surface area is 123 Å². The molecule has 0 aliphatic rings. The molecule has 1 aromatic rings. The van der Waals surface area contributed by atoms with E-state index in [2.05, 4.69) is 62.4 Å². The molecule has 1 rings (SSSR count). The summed E-state index contributed by atoms with van der Waals surface area (Å²) >= 11 is 0. The van der Waals surface area contributed by atoms with Gasteiger partial charge in [0.25, 0.3) is 0 Å². The van der Waals surface area contributed by atoms with Crippen molar-refractivity contribution in [2.45, 2.75) is 85.9 Å². The Hall–Kier alpha value is -0.970. The molecule has 5 nitrogen and oxygen atoms in total. The maximum atomic E-state index is 4.15. The standard InChI is InChI=1S/C15H31N5/c1-7-8-9-10-15(5,6)12-20-13(17-18-19-20)11-16-14(2,3)4/h16H,7-12H2,1-6H3. The summed E-state index contributed by atoms with van der Waals surface area (Å²) in [5.74, 6) is 0.920. The number of aromatic nitrogens is 4. The lowest BCUT2D eigenvalue weighted by Gasteiger charge is -2.25. The molecule has 20 heavy (non-hydrogen) atoms. The summed E-state index contributed by atoms with van der Waals surface area (Å²) < 4.78 is 1.95. The van der Waals surface area contributed by atoms with Crippen LogP contribution < -0.4 is 5.32 Å². The van der Waals surface area contributed by atoms with Crippen molar-refractivity contribution in [3.8, 4) is 0 Å². The van der Waals surface area contributed by atoms with E-state index in [1.54, 1.807) is 0 Å². The SMILES string of the molecule is CCCCCC(C)(C)Cn1nnnc1CNC(C)(C)C. The van der Waals surface area contributed by atoms with Gasteiger partial charge in [-0.1, -0.05) is 40.0 Å². The zero-order valence-corrected chi connectivity index (χ0v) is 14.0. The molecular formula is C15H31N5. The van der Waals surface area contributed by atoms with E-state index in [1.165, 1.54) is 25.7 Å². The van der Waals surface area contributed by atoms with E-state index in [-0.39, 0.29) is 11.0 Å². The molecule has 1 N–H and O–H groups in total. The molecule has 1 aromatic heterocycles. The second-order valence-corrected chi connectivity index (χ2v) is 7.48. The number of rotatable bonds is 8. The van der Waals surface area contributed by atoms with Crippen molar-refractivity contribution in [2.24, 2.45) is 5.41 Å². The van der Waals surface area contributed by atoms with Gasteiger partial charge in [0.15, 0.2) is 5.82 Å². The second kappa shape index (κ2) is 7.16. The molecular weight excluding hydrogens is 250 g/mol.